The quantitative estimate of drug-likeness (QED) is 0.737. The van der Waals surface area contributed by atoms with Gasteiger partial charge in [0, 0.05) is 31.7 Å². The van der Waals surface area contributed by atoms with Crippen molar-refractivity contribution in [2.45, 2.75) is 0 Å². The molecule has 3 N–H and O–H groups in total. The lowest BCUT2D eigenvalue weighted by Crippen LogP contribution is -2.36. The Morgan fingerprint density at radius 2 is 1.65 bits per heavy atom. The Bertz CT molecular complexity index is 850. The summed E-state index contributed by atoms with van der Waals surface area (Å²) in [5.41, 5.74) is 1.58. The van der Waals surface area contributed by atoms with Crippen LogP contribution in [0.4, 0.5) is 4.79 Å². The Morgan fingerprint density at radius 3 is 2.27 bits per heavy atom. The number of hydrogen-bond donors (Lipinski definition) is 3. The first-order valence-corrected chi connectivity index (χ1v) is 8.30. The van der Waals surface area contributed by atoms with Crippen LogP contribution in [0.25, 0.3) is 11.1 Å². The Kier molecular flexibility index (Phi) is 5.17. The summed E-state index contributed by atoms with van der Waals surface area (Å²) in [7, 11) is 0. The maximum Gasteiger partial charge on any atom is 0.336 e. The minimum Gasteiger partial charge on any atom is -0.478 e. The van der Waals surface area contributed by atoms with Crippen LogP contribution in [-0.4, -0.2) is 54.1 Å². The van der Waals surface area contributed by atoms with E-state index in [2.05, 4.69) is 10.6 Å². The van der Waals surface area contributed by atoms with Crippen LogP contribution in [0.5, 0.6) is 0 Å². The first-order valence-electron chi connectivity index (χ1n) is 8.30. The van der Waals surface area contributed by atoms with Crippen LogP contribution < -0.4 is 10.6 Å². The standard InChI is InChI=1S/C19H19N3O4/c23-17(20-9-11-22-12-10-21-19(22)26)15-7-3-1-5-13(15)14-6-2-4-8-16(14)18(24)25/h1-8H,9-12H2,(H,20,23)(H,21,26)(H,24,25). The highest BCUT2D eigenvalue weighted by molar-refractivity contribution is 6.04. The number of rotatable bonds is 6. The van der Waals surface area contributed by atoms with Crippen molar-refractivity contribution in [3.63, 3.8) is 0 Å². The molecule has 7 heteroatoms. The van der Waals surface area contributed by atoms with Gasteiger partial charge >= 0.3 is 12.0 Å². The second kappa shape index (κ2) is 7.69. The Morgan fingerprint density at radius 1 is 1.04 bits per heavy atom. The Hall–Kier alpha value is -3.35. The van der Waals surface area contributed by atoms with Crippen molar-refractivity contribution >= 4 is 17.9 Å². The topological polar surface area (TPSA) is 98.7 Å². The lowest BCUT2D eigenvalue weighted by Gasteiger charge is -2.15. The van der Waals surface area contributed by atoms with Crippen molar-refractivity contribution in [2.24, 2.45) is 0 Å². The van der Waals surface area contributed by atoms with Gasteiger partial charge in [-0.15, -0.1) is 0 Å². The van der Waals surface area contributed by atoms with Crippen molar-refractivity contribution in [1.82, 2.24) is 15.5 Å². The van der Waals surface area contributed by atoms with Crippen molar-refractivity contribution in [1.29, 1.82) is 0 Å². The molecule has 0 spiro atoms. The van der Waals surface area contributed by atoms with Crippen LogP contribution in [0.15, 0.2) is 48.5 Å². The molecule has 3 amide bonds. The average molecular weight is 353 g/mol. The molecule has 3 rings (SSSR count). The van der Waals surface area contributed by atoms with Gasteiger partial charge in [-0.25, -0.2) is 9.59 Å². The third-order valence-electron chi connectivity index (χ3n) is 4.23. The fourth-order valence-corrected chi connectivity index (χ4v) is 2.94. The molecule has 26 heavy (non-hydrogen) atoms. The molecular weight excluding hydrogens is 334 g/mol. The molecule has 2 aromatic rings. The zero-order chi connectivity index (χ0) is 18.5. The smallest absolute Gasteiger partial charge is 0.336 e. The molecule has 0 saturated carbocycles. The number of benzene rings is 2. The summed E-state index contributed by atoms with van der Waals surface area (Å²) in [5.74, 6) is -1.35. The minimum atomic E-state index is -1.05. The first kappa shape index (κ1) is 17.5. The summed E-state index contributed by atoms with van der Waals surface area (Å²) in [6.45, 7) is 1.98. The Labute approximate surface area is 150 Å². The molecule has 0 atom stereocenters. The van der Waals surface area contributed by atoms with E-state index >= 15 is 0 Å². The summed E-state index contributed by atoms with van der Waals surface area (Å²) in [5, 5.41) is 14.9. The van der Waals surface area contributed by atoms with E-state index in [0.29, 0.717) is 42.9 Å². The maximum atomic E-state index is 12.6. The van der Waals surface area contributed by atoms with E-state index in [1.807, 2.05) is 0 Å². The van der Waals surface area contributed by atoms with Crippen LogP contribution in [0.1, 0.15) is 20.7 Å². The number of hydrogen-bond acceptors (Lipinski definition) is 3. The van der Waals surface area contributed by atoms with Crippen LogP contribution in [0.3, 0.4) is 0 Å². The lowest BCUT2D eigenvalue weighted by atomic mass is 9.95. The SMILES string of the molecule is O=C(O)c1ccccc1-c1ccccc1C(=O)NCCN1CCNC1=O. The van der Waals surface area contributed by atoms with Crippen molar-refractivity contribution in [2.75, 3.05) is 26.2 Å². The van der Waals surface area contributed by atoms with Crippen LogP contribution in [-0.2, 0) is 0 Å². The highest BCUT2D eigenvalue weighted by Crippen LogP contribution is 2.27. The first-order chi connectivity index (χ1) is 12.6. The van der Waals surface area contributed by atoms with Crippen molar-refractivity contribution in [3.8, 4) is 11.1 Å². The van der Waals surface area contributed by atoms with Crippen LogP contribution in [0.2, 0.25) is 0 Å². The van der Waals surface area contributed by atoms with Gasteiger partial charge in [0.05, 0.1) is 5.56 Å². The van der Waals surface area contributed by atoms with Gasteiger partial charge in [0.15, 0.2) is 0 Å². The monoisotopic (exact) mass is 353 g/mol. The fraction of sp³-hybridized carbons (Fsp3) is 0.211. The van der Waals surface area contributed by atoms with E-state index in [9.17, 15) is 19.5 Å². The zero-order valence-corrected chi connectivity index (χ0v) is 14.1. The van der Waals surface area contributed by atoms with E-state index in [1.165, 1.54) is 6.07 Å². The summed E-state index contributed by atoms with van der Waals surface area (Å²) >= 11 is 0. The largest absolute Gasteiger partial charge is 0.478 e. The van der Waals surface area contributed by atoms with Gasteiger partial charge in [0.25, 0.3) is 5.91 Å². The second-order valence-corrected chi connectivity index (χ2v) is 5.87. The highest BCUT2D eigenvalue weighted by atomic mass is 16.4. The molecule has 2 aromatic carbocycles. The Balaban J connectivity index is 1.78. The molecular formula is C19H19N3O4. The minimum absolute atomic E-state index is 0.130. The molecule has 1 saturated heterocycles. The summed E-state index contributed by atoms with van der Waals surface area (Å²) in [6, 6.07) is 13.3. The highest BCUT2D eigenvalue weighted by Gasteiger charge is 2.20. The van der Waals surface area contributed by atoms with Crippen LogP contribution >= 0.6 is 0 Å². The van der Waals surface area contributed by atoms with Gasteiger partial charge in [-0.2, -0.15) is 0 Å². The number of carboxylic acids is 1. The predicted octanol–water partition coefficient (Wildman–Crippen LogP) is 1.81. The zero-order valence-electron chi connectivity index (χ0n) is 14.1. The summed E-state index contributed by atoms with van der Waals surface area (Å²) in [6.07, 6.45) is 0. The molecule has 0 radical (unpaired) electrons. The van der Waals surface area contributed by atoms with Gasteiger partial charge in [0.1, 0.15) is 0 Å². The van der Waals surface area contributed by atoms with E-state index in [1.54, 1.807) is 47.4 Å². The third kappa shape index (κ3) is 3.66. The number of aromatic carboxylic acids is 1. The van der Waals surface area contributed by atoms with E-state index in [4.69, 9.17) is 0 Å². The molecule has 7 nitrogen and oxygen atoms in total. The lowest BCUT2D eigenvalue weighted by molar-refractivity contribution is 0.0697. The normalized spacial score (nSPS) is 13.4. The number of nitrogens with one attached hydrogen (secondary N) is 2. The molecule has 1 heterocycles. The molecule has 1 aliphatic heterocycles. The van der Waals surface area contributed by atoms with Gasteiger partial charge in [0.2, 0.25) is 0 Å². The number of nitrogens with zero attached hydrogens (tertiary/aromatic N) is 1. The molecule has 0 aliphatic carbocycles. The van der Waals surface area contributed by atoms with Gasteiger partial charge in [-0.05, 0) is 23.3 Å². The van der Waals surface area contributed by atoms with Crippen LogP contribution in [0, 0.1) is 0 Å². The number of amides is 3. The summed E-state index contributed by atoms with van der Waals surface area (Å²) in [4.78, 5) is 37.2. The molecule has 0 aromatic heterocycles. The van der Waals surface area contributed by atoms with E-state index < -0.39 is 5.97 Å². The number of carbonyl (C=O) groups is 3. The second-order valence-electron chi connectivity index (χ2n) is 5.87. The molecule has 134 valence electrons. The average Bonchev–Trinajstić information content (AvgIpc) is 3.06. The molecule has 1 fully saturated rings. The van der Waals surface area contributed by atoms with Crippen molar-refractivity contribution < 1.29 is 19.5 Å². The number of carbonyl (C=O) groups excluding carboxylic acids is 2. The van der Waals surface area contributed by atoms with Gasteiger partial charge in [-0.1, -0.05) is 36.4 Å². The molecule has 0 bridgehead atoms. The summed E-state index contributed by atoms with van der Waals surface area (Å²) < 4.78 is 0. The van der Waals surface area contributed by atoms with Gasteiger partial charge in [-0.3, -0.25) is 4.79 Å². The van der Waals surface area contributed by atoms with E-state index in [-0.39, 0.29) is 17.5 Å². The number of carboxylic acid groups (broad SMARTS) is 1. The number of urea groups is 1. The fourth-order valence-electron chi connectivity index (χ4n) is 2.94. The maximum absolute atomic E-state index is 12.6. The third-order valence-corrected chi connectivity index (χ3v) is 4.23. The molecule has 0 unspecified atom stereocenters. The van der Waals surface area contributed by atoms with E-state index in [0.717, 1.165) is 0 Å². The molecule has 1 aliphatic rings. The predicted molar refractivity (Wildman–Crippen MR) is 96.1 cm³/mol. The van der Waals surface area contributed by atoms with Crippen molar-refractivity contribution in [3.05, 3.63) is 59.7 Å². The van der Waals surface area contributed by atoms with Gasteiger partial charge < -0.3 is 20.6 Å².